The van der Waals surface area contributed by atoms with Gasteiger partial charge in [0.1, 0.15) is 5.60 Å². The van der Waals surface area contributed by atoms with Crippen LogP contribution in [0.1, 0.15) is 62.6 Å². The Labute approximate surface area is 206 Å². The zero-order valence-corrected chi connectivity index (χ0v) is 20.8. The van der Waals surface area contributed by atoms with Gasteiger partial charge in [-0.3, -0.25) is 0 Å². The van der Waals surface area contributed by atoms with E-state index in [-0.39, 0.29) is 5.92 Å². The molecule has 1 N–H and O–H groups in total. The molecule has 0 spiro atoms. The molecular weight excluding hydrogens is 416 g/mol. The van der Waals surface area contributed by atoms with Crippen molar-refractivity contribution in [3.05, 3.63) is 120 Å². The Morgan fingerprint density at radius 1 is 0.765 bits per heavy atom. The minimum Gasteiger partial charge on any atom is -0.393 e. The van der Waals surface area contributed by atoms with Gasteiger partial charge in [-0.15, -0.1) is 6.58 Å². The lowest BCUT2D eigenvalue weighted by Crippen LogP contribution is -2.34. The highest BCUT2D eigenvalue weighted by Gasteiger charge is 2.37. The summed E-state index contributed by atoms with van der Waals surface area (Å²) in [6.45, 7) is 8.88. The van der Waals surface area contributed by atoms with E-state index in [0.717, 1.165) is 36.0 Å². The summed E-state index contributed by atoms with van der Waals surface area (Å²) in [5, 5.41) is 11.1. The van der Waals surface area contributed by atoms with E-state index in [1.165, 1.54) is 6.42 Å². The number of benzene rings is 3. The maximum atomic E-state index is 11.1. The molecule has 0 fully saturated rings. The van der Waals surface area contributed by atoms with Crippen molar-refractivity contribution in [1.29, 1.82) is 0 Å². The standard InChI is InChI=1S/C32H40O2/c1-4-15-27(17-14-16-26(2)3)31(33)24-25-34-32(28-18-8-5-9-19-28,29-20-10-6-11-21-29)30-22-12-7-13-23-30/h4-13,18-23,26-27,31,33H,1,14-17,24-25H2,2-3H3/t27-,31-/m1/s1. The van der Waals surface area contributed by atoms with E-state index >= 15 is 0 Å². The Hall–Kier alpha value is -2.68. The van der Waals surface area contributed by atoms with Gasteiger partial charge in [-0.1, -0.05) is 124 Å². The molecule has 2 nitrogen and oxygen atoms in total. The zero-order valence-electron chi connectivity index (χ0n) is 20.8. The predicted octanol–water partition coefficient (Wildman–Crippen LogP) is 7.76. The van der Waals surface area contributed by atoms with Crippen LogP contribution >= 0.6 is 0 Å². The lowest BCUT2D eigenvalue weighted by atomic mass is 9.80. The Bertz CT molecular complexity index is 853. The van der Waals surface area contributed by atoms with Crippen LogP contribution in [-0.4, -0.2) is 17.8 Å². The fraction of sp³-hybridized carbons (Fsp3) is 0.375. The molecule has 2 heteroatoms. The highest BCUT2D eigenvalue weighted by atomic mass is 16.5. The number of hydrogen-bond acceptors (Lipinski definition) is 2. The number of hydrogen-bond donors (Lipinski definition) is 1. The quantitative estimate of drug-likeness (QED) is 0.198. The van der Waals surface area contributed by atoms with E-state index in [9.17, 15) is 5.11 Å². The zero-order chi connectivity index (χ0) is 24.2. The fourth-order valence-electron chi connectivity index (χ4n) is 4.81. The van der Waals surface area contributed by atoms with Crippen LogP contribution in [0.3, 0.4) is 0 Å². The van der Waals surface area contributed by atoms with Crippen molar-refractivity contribution in [1.82, 2.24) is 0 Å². The number of aliphatic hydroxyl groups is 1. The highest BCUT2D eigenvalue weighted by Crippen LogP contribution is 2.40. The molecule has 0 saturated carbocycles. The molecule has 0 aliphatic rings. The van der Waals surface area contributed by atoms with Crippen molar-refractivity contribution in [2.75, 3.05) is 6.61 Å². The Morgan fingerprint density at radius 2 is 1.24 bits per heavy atom. The van der Waals surface area contributed by atoms with E-state index in [4.69, 9.17) is 4.74 Å². The number of aliphatic hydroxyl groups excluding tert-OH is 1. The molecule has 0 aliphatic carbocycles. The lowest BCUT2D eigenvalue weighted by Gasteiger charge is -2.36. The molecule has 2 atom stereocenters. The van der Waals surface area contributed by atoms with Crippen LogP contribution in [0.4, 0.5) is 0 Å². The second-order valence-corrected chi connectivity index (χ2v) is 9.59. The van der Waals surface area contributed by atoms with Gasteiger partial charge in [0.15, 0.2) is 0 Å². The molecule has 3 aromatic rings. The molecule has 0 amide bonds. The first-order chi connectivity index (χ1) is 16.6. The topological polar surface area (TPSA) is 29.5 Å². The van der Waals surface area contributed by atoms with Crippen LogP contribution in [0.15, 0.2) is 104 Å². The normalized spacial score (nSPS) is 13.5. The number of ether oxygens (including phenoxy) is 1. The molecule has 34 heavy (non-hydrogen) atoms. The Kier molecular flexibility index (Phi) is 10.1. The summed E-state index contributed by atoms with van der Waals surface area (Å²) in [5.41, 5.74) is 2.51. The molecule has 3 rings (SSSR count). The van der Waals surface area contributed by atoms with Gasteiger partial charge in [-0.2, -0.15) is 0 Å². The average molecular weight is 457 g/mol. The van der Waals surface area contributed by atoms with Gasteiger partial charge in [-0.05, 0) is 47.8 Å². The number of rotatable bonds is 14. The van der Waals surface area contributed by atoms with Crippen LogP contribution in [0, 0.1) is 11.8 Å². The van der Waals surface area contributed by atoms with Gasteiger partial charge in [0.2, 0.25) is 0 Å². The van der Waals surface area contributed by atoms with Crippen molar-refractivity contribution < 1.29 is 9.84 Å². The summed E-state index contributed by atoms with van der Waals surface area (Å²) in [7, 11) is 0. The van der Waals surface area contributed by atoms with Gasteiger partial charge in [0.05, 0.1) is 12.7 Å². The third-order valence-electron chi connectivity index (χ3n) is 6.64. The molecule has 0 radical (unpaired) electrons. The molecule has 0 saturated heterocycles. The summed E-state index contributed by atoms with van der Waals surface area (Å²) in [6, 6.07) is 31.2. The number of allylic oxidation sites excluding steroid dienone is 1. The highest BCUT2D eigenvalue weighted by molar-refractivity contribution is 5.47. The van der Waals surface area contributed by atoms with Crippen LogP contribution in [0.2, 0.25) is 0 Å². The maximum absolute atomic E-state index is 11.1. The maximum Gasteiger partial charge on any atom is 0.143 e. The second-order valence-electron chi connectivity index (χ2n) is 9.59. The molecule has 0 bridgehead atoms. The van der Waals surface area contributed by atoms with Gasteiger partial charge in [0.25, 0.3) is 0 Å². The van der Waals surface area contributed by atoms with E-state index in [2.05, 4.69) is 93.2 Å². The van der Waals surface area contributed by atoms with Crippen LogP contribution in [-0.2, 0) is 10.3 Å². The first kappa shape index (κ1) is 25.9. The molecule has 0 heterocycles. The predicted molar refractivity (Wildman–Crippen MR) is 143 cm³/mol. The molecule has 180 valence electrons. The van der Waals surface area contributed by atoms with Crippen molar-refractivity contribution in [2.45, 2.75) is 57.7 Å². The first-order valence-electron chi connectivity index (χ1n) is 12.7. The fourth-order valence-corrected chi connectivity index (χ4v) is 4.81. The molecular formula is C32H40O2. The summed E-state index contributed by atoms with van der Waals surface area (Å²) in [5.74, 6) is 0.910. The van der Waals surface area contributed by atoms with Crippen LogP contribution in [0.25, 0.3) is 0 Å². The minimum atomic E-state index is -0.741. The lowest BCUT2D eigenvalue weighted by molar-refractivity contribution is -0.0156. The minimum absolute atomic E-state index is 0.222. The first-order valence-corrected chi connectivity index (χ1v) is 12.7. The molecule has 0 aromatic heterocycles. The third-order valence-corrected chi connectivity index (χ3v) is 6.64. The van der Waals surface area contributed by atoms with Crippen LogP contribution < -0.4 is 0 Å². The van der Waals surface area contributed by atoms with E-state index in [1.54, 1.807) is 0 Å². The van der Waals surface area contributed by atoms with Crippen molar-refractivity contribution in [2.24, 2.45) is 11.8 Å². The van der Waals surface area contributed by atoms with Gasteiger partial charge in [0, 0.05) is 0 Å². The Morgan fingerprint density at radius 3 is 1.65 bits per heavy atom. The van der Waals surface area contributed by atoms with E-state index in [0.29, 0.717) is 18.9 Å². The monoisotopic (exact) mass is 456 g/mol. The summed E-state index contributed by atoms with van der Waals surface area (Å²) >= 11 is 0. The van der Waals surface area contributed by atoms with Crippen LogP contribution in [0.5, 0.6) is 0 Å². The van der Waals surface area contributed by atoms with E-state index < -0.39 is 11.7 Å². The smallest absolute Gasteiger partial charge is 0.143 e. The second kappa shape index (κ2) is 13.3. The molecule has 0 aliphatic heterocycles. The van der Waals surface area contributed by atoms with Gasteiger partial charge >= 0.3 is 0 Å². The van der Waals surface area contributed by atoms with Crippen molar-refractivity contribution in [3.8, 4) is 0 Å². The summed E-state index contributed by atoms with van der Waals surface area (Å²) in [6.07, 6.45) is 6.30. The average Bonchev–Trinajstić information content (AvgIpc) is 2.87. The van der Waals surface area contributed by atoms with Gasteiger partial charge in [-0.25, -0.2) is 0 Å². The summed E-state index contributed by atoms with van der Waals surface area (Å²) in [4.78, 5) is 0. The molecule has 0 unspecified atom stereocenters. The summed E-state index contributed by atoms with van der Waals surface area (Å²) < 4.78 is 6.84. The third kappa shape index (κ3) is 6.68. The van der Waals surface area contributed by atoms with Crippen molar-refractivity contribution in [3.63, 3.8) is 0 Å². The van der Waals surface area contributed by atoms with E-state index in [1.807, 2.05) is 24.3 Å². The SMILES string of the molecule is C=CC[C@H](CCCC(C)C)[C@H](O)CCOC(c1ccccc1)(c1ccccc1)c1ccccc1. The molecule has 3 aromatic carbocycles. The Balaban J connectivity index is 1.86. The largest absolute Gasteiger partial charge is 0.393 e. The van der Waals surface area contributed by atoms with Gasteiger partial charge < -0.3 is 9.84 Å². The van der Waals surface area contributed by atoms with Crippen molar-refractivity contribution >= 4 is 0 Å².